The highest BCUT2D eigenvalue weighted by atomic mass is 35.5. The van der Waals surface area contributed by atoms with Crippen LogP contribution in [0.3, 0.4) is 0 Å². The van der Waals surface area contributed by atoms with Crippen molar-refractivity contribution in [2.24, 2.45) is 11.8 Å². The van der Waals surface area contributed by atoms with Gasteiger partial charge < -0.3 is 10.4 Å². The summed E-state index contributed by atoms with van der Waals surface area (Å²) in [4.78, 5) is 24.7. The van der Waals surface area contributed by atoms with Crippen LogP contribution in [0, 0.1) is 11.8 Å². The molecule has 1 fully saturated rings. The first-order valence-electron chi connectivity index (χ1n) is 7.19. The van der Waals surface area contributed by atoms with Crippen molar-refractivity contribution in [3.63, 3.8) is 0 Å². The SMILES string of the molecule is C[C@@H]1CN(CC(=O)Nc2cc(C(F)(F)F)ccc2Cl)C[C@H]1C(=O)O. The number of anilines is 1. The molecule has 1 aromatic carbocycles. The number of carbonyl (C=O) groups is 2. The smallest absolute Gasteiger partial charge is 0.416 e. The number of benzene rings is 1. The van der Waals surface area contributed by atoms with Crippen molar-refractivity contribution in [2.45, 2.75) is 13.1 Å². The normalized spacial score (nSPS) is 21.7. The van der Waals surface area contributed by atoms with E-state index in [9.17, 15) is 22.8 Å². The van der Waals surface area contributed by atoms with E-state index < -0.39 is 29.5 Å². The van der Waals surface area contributed by atoms with Gasteiger partial charge in [-0.1, -0.05) is 18.5 Å². The quantitative estimate of drug-likeness (QED) is 0.861. The Kier molecular flexibility index (Phi) is 5.39. The number of rotatable bonds is 4. The van der Waals surface area contributed by atoms with Gasteiger partial charge in [0.05, 0.1) is 28.7 Å². The molecule has 0 unspecified atom stereocenters. The third kappa shape index (κ3) is 4.39. The van der Waals surface area contributed by atoms with Crippen LogP contribution in [0.5, 0.6) is 0 Å². The molecule has 0 aliphatic carbocycles. The van der Waals surface area contributed by atoms with Crippen molar-refractivity contribution < 1.29 is 27.9 Å². The number of alkyl halides is 3. The van der Waals surface area contributed by atoms with E-state index in [0.29, 0.717) is 6.54 Å². The number of carboxylic acids is 1. The number of likely N-dealkylation sites (tertiary alicyclic amines) is 1. The number of hydrogen-bond donors (Lipinski definition) is 2. The molecule has 0 bridgehead atoms. The van der Waals surface area contributed by atoms with Gasteiger partial charge in [0.15, 0.2) is 0 Å². The van der Waals surface area contributed by atoms with Crippen LogP contribution >= 0.6 is 11.6 Å². The molecule has 0 saturated carbocycles. The zero-order valence-corrected chi connectivity index (χ0v) is 13.5. The summed E-state index contributed by atoms with van der Waals surface area (Å²) in [5, 5.41) is 11.4. The maximum absolute atomic E-state index is 12.7. The Hall–Kier alpha value is -1.80. The molecule has 1 aromatic rings. The minimum Gasteiger partial charge on any atom is -0.481 e. The molecule has 9 heteroatoms. The van der Waals surface area contributed by atoms with Gasteiger partial charge in [-0.05, 0) is 24.1 Å². The summed E-state index contributed by atoms with van der Waals surface area (Å²) in [6.07, 6.45) is -4.54. The number of nitrogens with zero attached hydrogens (tertiary/aromatic N) is 1. The molecule has 5 nitrogen and oxygen atoms in total. The van der Waals surface area contributed by atoms with E-state index in [0.717, 1.165) is 18.2 Å². The van der Waals surface area contributed by atoms with Gasteiger partial charge in [-0.25, -0.2) is 0 Å². The molecule has 2 atom stereocenters. The third-order valence-electron chi connectivity index (χ3n) is 3.94. The number of carboxylic acid groups (broad SMARTS) is 1. The first kappa shape index (κ1) is 18.5. The molecular formula is C15H16ClF3N2O3. The van der Waals surface area contributed by atoms with Crippen molar-refractivity contribution in [3.8, 4) is 0 Å². The van der Waals surface area contributed by atoms with Gasteiger partial charge in [0, 0.05) is 13.1 Å². The zero-order valence-electron chi connectivity index (χ0n) is 12.7. The molecule has 2 N–H and O–H groups in total. The fraction of sp³-hybridized carbons (Fsp3) is 0.467. The van der Waals surface area contributed by atoms with Gasteiger partial charge in [0.25, 0.3) is 0 Å². The molecule has 0 spiro atoms. The molecule has 2 rings (SSSR count). The van der Waals surface area contributed by atoms with Gasteiger partial charge >= 0.3 is 12.1 Å². The molecule has 1 aliphatic heterocycles. The molecule has 0 radical (unpaired) electrons. The molecular weight excluding hydrogens is 349 g/mol. The fourth-order valence-electron chi connectivity index (χ4n) is 2.71. The van der Waals surface area contributed by atoms with Crippen molar-refractivity contribution in [2.75, 3.05) is 25.0 Å². The number of amides is 1. The monoisotopic (exact) mass is 364 g/mol. The van der Waals surface area contributed by atoms with E-state index in [1.807, 2.05) is 0 Å². The van der Waals surface area contributed by atoms with Crippen LogP contribution in [-0.2, 0) is 15.8 Å². The van der Waals surface area contributed by atoms with Crippen LogP contribution in [-0.4, -0.2) is 41.5 Å². The predicted octanol–water partition coefficient (Wildman–Crippen LogP) is 2.95. The lowest BCUT2D eigenvalue weighted by Crippen LogP contribution is -2.32. The summed E-state index contributed by atoms with van der Waals surface area (Å²) in [6, 6.07) is 2.67. The first-order valence-corrected chi connectivity index (χ1v) is 7.57. The number of nitrogens with one attached hydrogen (secondary N) is 1. The van der Waals surface area contributed by atoms with Gasteiger partial charge in [0.1, 0.15) is 0 Å². The lowest BCUT2D eigenvalue weighted by atomic mass is 9.99. The second-order valence-corrected chi connectivity index (χ2v) is 6.26. The van der Waals surface area contributed by atoms with Crippen LogP contribution in [0.25, 0.3) is 0 Å². The largest absolute Gasteiger partial charge is 0.481 e. The fourth-order valence-corrected chi connectivity index (χ4v) is 2.87. The van der Waals surface area contributed by atoms with Crippen molar-refractivity contribution >= 4 is 29.2 Å². The lowest BCUT2D eigenvalue weighted by molar-refractivity contribution is -0.142. The molecule has 1 amide bonds. The van der Waals surface area contributed by atoms with Crippen LogP contribution in [0.15, 0.2) is 18.2 Å². The van der Waals surface area contributed by atoms with Gasteiger partial charge in [-0.15, -0.1) is 0 Å². The number of carbonyl (C=O) groups excluding carboxylic acids is 1. The first-order chi connectivity index (χ1) is 11.1. The Morgan fingerprint density at radius 3 is 2.58 bits per heavy atom. The minimum absolute atomic E-state index is 0.00504. The maximum Gasteiger partial charge on any atom is 0.416 e. The average molecular weight is 365 g/mol. The van der Waals surface area contributed by atoms with E-state index in [1.54, 1.807) is 11.8 Å². The predicted molar refractivity (Wildman–Crippen MR) is 81.8 cm³/mol. The molecule has 0 aromatic heterocycles. The van der Waals surface area contributed by atoms with E-state index in [1.165, 1.54) is 0 Å². The highest BCUT2D eigenvalue weighted by Gasteiger charge is 2.35. The van der Waals surface area contributed by atoms with E-state index in [2.05, 4.69) is 5.32 Å². The second kappa shape index (κ2) is 6.98. The Morgan fingerprint density at radius 2 is 2.04 bits per heavy atom. The van der Waals surface area contributed by atoms with Crippen LogP contribution < -0.4 is 5.32 Å². The summed E-state index contributed by atoms with van der Waals surface area (Å²) >= 11 is 5.82. The van der Waals surface area contributed by atoms with E-state index in [4.69, 9.17) is 16.7 Å². The van der Waals surface area contributed by atoms with Crippen LogP contribution in [0.1, 0.15) is 12.5 Å². The van der Waals surface area contributed by atoms with E-state index >= 15 is 0 Å². The van der Waals surface area contributed by atoms with Crippen LogP contribution in [0.2, 0.25) is 5.02 Å². The highest BCUT2D eigenvalue weighted by Crippen LogP contribution is 2.33. The van der Waals surface area contributed by atoms with Crippen molar-refractivity contribution in [1.82, 2.24) is 4.90 Å². The third-order valence-corrected chi connectivity index (χ3v) is 4.27. The highest BCUT2D eigenvalue weighted by molar-refractivity contribution is 6.33. The van der Waals surface area contributed by atoms with Gasteiger partial charge in [-0.2, -0.15) is 13.2 Å². The number of hydrogen-bond acceptors (Lipinski definition) is 3. The maximum atomic E-state index is 12.7. The Labute approximate surface area is 141 Å². The Morgan fingerprint density at radius 1 is 1.38 bits per heavy atom. The standard InChI is InChI=1S/C15H16ClF3N2O3/c1-8-5-21(6-10(8)14(23)24)7-13(22)20-12-4-9(15(17,18)19)2-3-11(12)16/h2-4,8,10H,5-7H2,1H3,(H,20,22)(H,23,24)/t8-,10-/m1/s1. The average Bonchev–Trinajstić information content (AvgIpc) is 2.80. The minimum atomic E-state index is -4.54. The number of aliphatic carboxylic acids is 1. The zero-order chi connectivity index (χ0) is 18.1. The Balaban J connectivity index is 2.02. The Bertz CT molecular complexity index is 651. The molecule has 1 heterocycles. The second-order valence-electron chi connectivity index (χ2n) is 5.86. The van der Waals surface area contributed by atoms with Crippen molar-refractivity contribution in [3.05, 3.63) is 28.8 Å². The topological polar surface area (TPSA) is 69.6 Å². The van der Waals surface area contributed by atoms with E-state index in [-0.39, 0.29) is 29.7 Å². The van der Waals surface area contributed by atoms with Crippen molar-refractivity contribution in [1.29, 1.82) is 0 Å². The molecule has 24 heavy (non-hydrogen) atoms. The van der Waals surface area contributed by atoms with Gasteiger partial charge in [0.2, 0.25) is 5.91 Å². The number of halogens is 4. The summed E-state index contributed by atoms with van der Waals surface area (Å²) in [6.45, 7) is 2.32. The van der Waals surface area contributed by atoms with Gasteiger partial charge in [-0.3, -0.25) is 14.5 Å². The molecule has 1 aliphatic rings. The van der Waals surface area contributed by atoms with Crippen LogP contribution in [0.4, 0.5) is 18.9 Å². The summed E-state index contributed by atoms with van der Waals surface area (Å²) in [5.41, 5.74) is -1.04. The summed E-state index contributed by atoms with van der Waals surface area (Å²) in [5.74, 6) is -2.14. The molecule has 1 saturated heterocycles. The summed E-state index contributed by atoms with van der Waals surface area (Å²) in [7, 11) is 0. The lowest BCUT2D eigenvalue weighted by Gasteiger charge is -2.16. The summed E-state index contributed by atoms with van der Waals surface area (Å²) < 4.78 is 38.1. The molecule has 132 valence electrons.